The number of carbonyl (C=O) groups is 1. The lowest BCUT2D eigenvalue weighted by atomic mass is 10.3. The van der Waals surface area contributed by atoms with E-state index in [2.05, 4.69) is 9.72 Å². The summed E-state index contributed by atoms with van der Waals surface area (Å²) in [6.45, 7) is 0. The highest BCUT2D eigenvalue weighted by Crippen LogP contribution is 2.29. The maximum Gasteiger partial charge on any atom is 0.573 e. The Kier molecular flexibility index (Phi) is 3.55. The summed E-state index contributed by atoms with van der Waals surface area (Å²) in [6, 6.07) is 0. The number of rotatable bonds is 2. The minimum atomic E-state index is -4.99. The summed E-state index contributed by atoms with van der Waals surface area (Å²) in [7, 11) is 0. The second-order valence-electron chi connectivity index (χ2n) is 2.45. The zero-order valence-corrected chi connectivity index (χ0v) is 9.34. The third kappa shape index (κ3) is 2.93. The van der Waals surface area contributed by atoms with Crippen LogP contribution >= 0.6 is 22.6 Å². The molecular formula is C7H2F4INO3. The molecule has 0 aromatic carbocycles. The van der Waals surface area contributed by atoms with E-state index < -0.39 is 33.2 Å². The number of alkyl halides is 3. The van der Waals surface area contributed by atoms with Crippen LogP contribution in [0.5, 0.6) is 5.75 Å². The Hall–Kier alpha value is -1.13. The molecule has 0 aliphatic rings. The SMILES string of the molecule is O=C(O)c1ncc(OC(F)(F)F)c(I)c1F. The number of carboxylic acids is 1. The summed E-state index contributed by atoms with van der Waals surface area (Å²) in [5, 5.41) is 8.44. The van der Waals surface area contributed by atoms with Gasteiger partial charge in [-0.1, -0.05) is 0 Å². The van der Waals surface area contributed by atoms with Gasteiger partial charge in [-0.15, -0.1) is 13.2 Å². The van der Waals surface area contributed by atoms with E-state index in [-0.39, 0.29) is 0 Å². The zero-order valence-electron chi connectivity index (χ0n) is 7.18. The standard InChI is InChI=1S/C7H2F4INO3/c8-3-4(12)2(16-7(9,10)11)1-13-5(3)6(14)15/h1H,(H,14,15). The number of aromatic nitrogens is 1. The average molecular weight is 351 g/mol. The minimum absolute atomic E-state index is 0.502. The van der Waals surface area contributed by atoms with Crippen molar-refractivity contribution in [2.24, 2.45) is 0 Å². The lowest BCUT2D eigenvalue weighted by Gasteiger charge is -2.10. The predicted molar refractivity (Wildman–Crippen MR) is 50.6 cm³/mol. The molecule has 1 heterocycles. The smallest absolute Gasteiger partial charge is 0.476 e. The van der Waals surface area contributed by atoms with E-state index in [1.165, 1.54) is 22.6 Å². The van der Waals surface area contributed by atoms with E-state index in [1.807, 2.05) is 0 Å². The first-order valence-corrected chi connectivity index (χ1v) is 4.63. The number of hydrogen-bond acceptors (Lipinski definition) is 3. The van der Waals surface area contributed by atoms with Gasteiger partial charge in [-0.25, -0.2) is 14.2 Å². The van der Waals surface area contributed by atoms with Crippen molar-refractivity contribution < 1.29 is 32.2 Å². The fraction of sp³-hybridized carbons (Fsp3) is 0.143. The first-order chi connectivity index (χ1) is 7.22. The van der Waals surface area contributed by atoms with Gasteiger partial charge in [-0.3, -0.25) is 0 Å². The van der Waals surface area contributed by atoms with Crippen LogP contribution in [0.3, 0.4) is 0 Å². The number of ether oxygens (including phenoxy) is 1. The highest BCUT2D eigenvalue weighted by molar-refractivity contribution is 14.1. The lowest BCUT2D eigenvalue weighted by Crippen LogP contribution is -2.19. The zero-order chi connectivity index (χ0) is 12.5. The van der Waals surface area contributed by atoms with Crippen LogP contribution < -0.4 is 4.74 Å². The molecule has 0 atom stereocenters. The summed E-state index contributed by atoms with van der Waals surface area (Å²) in [6.07, 6.45) is -4.49. The molecule has 1 N–H and O–H groups in total. The fourth-order valence-electron chi connectivity index (χ4n) is 0.794. The highest BCUT2D eigenvalue weighted by atomic mass is 127. The number of pyridine rings is 1. The van der Waals surface area contributed by atoms with E-state index in [1.54, 1.807) is 0 Å². The lowest BCUT2D eigenvalue weighted by molar-refractivity contribution is -0.275. The highest BCUT2D eigenvalue weighted by Gasteiger charge is 2.33. The molecule has 0 radical (unpaired) electrons. The molecule has 1 rings (SSSR count). The number of nitrogens with zero attached hydrogens (tertiary/aromatic N) is 1. The van der Waals surface area contributed by atoms with Crippen LogP contribution in [0, 0.1) is 9.39 Å². The van der Waals surface area contributed by atoms with Gasteiger partial charge in [0.15, 0.2) is 17.3 Å². The van der Waals surface area contributed by atoms with E-state index in [0.29, 0.717) is 6.20 Å². The van der Waals surface area contributed by atoms with Gasteiger partial charge < -0.3 is 9.84 Å². The van der Waals surface area contributed by atoms with Crippen LogP contribution in [0.4, 0.5) is 17.6 Å². The second kappa shape index (κ2) is 4.39. The van der Waals surface area contributed by atoms with Crippen molar-refractivity contribution >= 4 is 28.6 Å². The maximum atomic E-state index is 13.2. The van der Waals surface area contributed by atoms with Crippen molar-refractivity contribution in [2.75, 3.05) is 0 Å². The Balaban J connectivity index is 3.17. The van der Waals surface area contributed by atoms with E-state index in [0.717, 1.165) is 0 Å². The second-order valence-corrected chi connectivity index (χ2v) is 3.53. The monoisotopic (exact) mass is 351 g/mol. The number of hydrogen-bond donors (Lipinski definition) is 1. The molecule has 0 saturated heterocycles. The minimum Gasteiger partial charge on any atom is -0.476 e. The number of carboxylic acid groups (broad SMARTS) is 1. The summed E-state index contributed by atoms with van der Waals surface area (Å²) in [5.74, 6) is -3.92. The van der Waals surface area contributed by atoms with Crippen LogP contribution in [0.15, 0.2) is 6.20 Å². The summed E-state index contributed by atoms with van der Waals surface area (Å²) < 4.78 is 51.5. The molecule has 88 valence electrons. The average Bonchev–Trinajstić information content (AvgIpc) is 2.10. The largest absolute Gasteiger partial charge is 0.573 e. The molecule has 9 heteroatoms. The molecule has 0 aliphatic heterocycles. The van der Waals surface area contributed by atoms with Crippen LogP contribution in [-0.4, -0.2) is 22.4 Å². The predicted octanol–water partition coefficient (Wildman–Crippen LogP) is 2.42. The van der Waals surface area contributed by atoms with Crippen LogP contribution in [0.25, 0.3) is 0 Å². The Labute approximate surface area is 99.4 Å². The Bertz CT molecular complexity index is 434. The summed E-state index contributed by atoms with van der Waals surface area (Å²) in [5.41, 5.74) is -0.959. The van der Waals surface area contributed by atoms with Crippen molar-refractivity contribution in [3.8, 4) is 5.75 Å². The molecule has 0 spiro atoms. The van der Waals surface area contributed by atoms with Crippen molar-refractivity contribution in [1.29, 1.82) is 0 Å². The van der Waals surface area contributed by atoms with E-state index in [9.17, 15) is 22.4 Å². The molecule has 1 aromatic rings. The van der Waals surface area contributed by atoms with Crippen molar-refractivity contribution in [3.05, 3.63) is 21.3 Å². The maximum absolute atomic E-state index is 13.2. The van der Waals surface area contributed by atoms with Gasteiger partial charge >= 0.3 is 12.3 Å². The van der Waals surface area contributed by atoms with Gasteiger partial charge in [-0.05, 0) is 22.6 Å². The molecule has 0 bridgehead atoms. The van der Waals surface area contributed by atoms with Crippen molar-refractivity contribution in [1.82, 2.24) is 4.98 Å². The molecule has 4 nitrogen and oxygen atoms in total. The van der Waals surface area contributed by atoms with Gasteiger partial charge in [0.2, 0.25) is 0 Å². The summed E-state index contributed by atoms with van der Waals surface area (Å²) in [4.78, 5) is 13.4. The fourth-order valence-corrected chi connectivity index (χ4v) is 1.30. The van der Waals surface area contributed by atoms with Crippen molar-refractivity contribution in [3.63, 3.8) is 0 Å². The molecule has 16 heavy (non-hydrogen) atoms. The molecule has 0 aliphatic carbocycles. The Morgan fingerprint density at radius 3 is 2.50 bits per heavy atom. The summed E-state index contributed by atoms with van der Waals surface area (Å²) >= 11 is 1.20. The molecule has 0 fully saturated rings. The molecule has 1 aromatic heterocycles. The third-order valence-electron chi connectivity index (χ3n) is 1.36. The van der Waals surface area contributed by atoms with Gasteiger partial charge in [0.25, 0.3) is 0 Å². The van der Waals surface area contributed by atoms with Crippen LogP contribution in [0.2, 0.25) is 0 Å². The Morgan fingerprint density at radius 1 is 1.50 bits per heavy atom. The van der Waals surface area contributed by atoms with Crippen LogP contribution in [0.1, 0.15) is 10.5 Å². The first-order valence-electron chi connectivity index (χ1n) is 3.55. The van der Waals surface area contributed by atoms with Gasteiger partial charge in [0.05, 0.1) is 9.77 Å². The third-order valence-corrected chi connectivity index (χ3v) is 2.36. The Morgan fingerprint density at radius 2 is 2.06 bits per heavy atom. The first kappa shape index (κ1) is 12.9. The number of aromatic carboxylic acids is 1. The normalized spacial score (nSPS) is 11.3. The topological polar surface area (TPSA) is 59.4 Å². The van der Waals surface area contributed by atoms with E-state index >= 15 is 0 Å². The molecule has 0 amide bonds. The van der Waals surface area contributed by atoms with Gasteiger partial charge in [0, 0.05) is 0 Å². The molecular weight excluding hydrogens is 349 g/mol. The quantitative estimate of drug-likeness (QED) is 0.657. The van der Waals surface area contributed by atoms with Gasteiger partial charge in [-0.2, -0.15) is 0 Å². The van der Waals surface area contributed by atoms with Crippen LogP contribution in [-0.2, 0) is 0 Å². The van der Waals surface area contributed by atoms with Gasteiger partial charge in [0.1, 0.15) is 0 Å². The molecule has 0 unspecified atom stereocenters. The number of halogens is 5. The molecule has 0 saturated carbocycles. The van der Waals surface area contributed by atoms with Crippen molar-refractivity contribution in [2.45, 2.75) is 6.36 Å². The van der Waals surface area contributed by atoms with E-state index in [4.69, 9.17) is 5.11 Å².